The van der Waals surface area contributed by atoms with Crippen LogP contribution in [0.4, 0.5) is 0 Å². The van der Waals surface area contributed by atoms with Crippen molar-refractivity contribution in [2.75, 3.05) is 0 Å². The minimum atomic E-state index is 0. The van der Waals surface area contributed by atoms with E-state index in [2.05, 4.69) is 66.7 Å². The van der Waals surface area contributed by atoms with Crippen molar-refractivity contribution >= 4 is 10.8 Å². The van der Waals surface area contributed by atoms with Crippen molar-refractivity contribution in [3.05, 3.63) is 77.9 Å². The van der Waals surface area contributed by atoms with Gasteiger partial charge in [-0.25, -0.2) is 0 Å². The maximum atomic E-state index is 2.28. The number of halogens is 2. The summed E-state index contributed by atoms with van der Waals surface area (Å²) in [6.07, 6.45) is 1.02. The second kappa shape index (κ2) is 9.35. The Morgan fingerprint density at radius 2 is 1.42 bits per heavy atom. The maximum Gasteiger partial charge on any atom is 3.00 e. The van der Waals surface area contributed by atoms with Crippen LogP contribution in [-0.2, 0) is 32.6 Å². The first-order valence-corrected chi connectivity index (χ1v) is 5.60. The van der Waals surface area contributed by atoms with Crippen molar-refractivity contribution in [1.29, 1.82) is 0 Å². The van der Waals surface area contributed by atoms with Gasteiger partial charge in [0.25, 0.3) is 0 Å². The first kappa shape index (κ1) is 19.4. The molecule has 0 fully saturated rings. The van der Waals surface area contributed by atoms with Crippen LogP contribution >= 0.6 is 0 Å². The number of rotatable bonds is 2. The zero-order chi connectivity index (χ0) is 10.8. The zero-order valence-corrected chi connectivity index (χ0v) is 17.1. The van der Waals surface area contributed by atoms with E-state index in [0.717, 1.165) is 6.42 Å². The standard InChI is InChI=1S/C16H13.2HI.Zr/c1-2-6-13(7-3-1)10-14-11-15-8-4-5-9-16(15)12-14;;;/h1-9,11-12H,10H2;2*1H;/q-1;;;+3/p-2. The molecule has 0 aromatic heterocycles. The fourth-order valence-corrected chi connectivity index (χ4v) is 2.15. The molecule has 0 saturated carbocycles. The molecule has 0 N–H and O–H groups in total. The Kier molecular flexibility index (Phi) is 9.54. The Bertz CT molecular complexity index is 569. The van der Waals surface area contributed by atoms with Gasteiger partial charge in [-0.15, -0.1) is 40.6 Å². The van der Waals surface area contributed by atoms with Crippen LogP contribution < -0.4 is 48.0 Å². The van der Waals surface area contributed by atoms with Crippen LogP contribution in [0.3, 0.4) is 0 Å². The van der Waals surface area contributed by atoms with Gasteiger partial charge in [0.1, 0.15) is 0 Å². The molecule has 0 aliphatic carbocycles. The smallest absolute Gasteiger partial charge is 1.00 e. The van der Waals surface area contributed by atoms with Gasteiger partial charge in [0.15, 0.2) is 0 Å². The second-order valence-electron chi connectivity index (χ2n) is 4.15. The van der Waals surface area contributed by atoms with Crippen molar-refractivity contribution < 1.29 is 74.2 Å². The van der Waals surface area contributed by atoms with Crippen molar-refractivity contribution in [2.45, 2.75) is 6.42 Å². The number of hydrogen-bond donors (Lipinski definition) is 0. The molecule has 0 nitrogen and oxygen atoms in total. The van der Waals surface area contributed by atoms with Crippen LogP contribution in [0.1, 0.15) is 11.1 Å². The van der Waals surface area contributed by atoms with Crippen molar-refractivity contribution in [3.8, 4) is 0 Å². The topological polar surface area (TPSA) is 0 Å². The van der Waals surface area contributed by atoms with Gasteiger partial charge in [0.2, 0.25) is 0 Å². The van der Waals surface area contributed by atoms with Crippen molar-refractivity contribution in [3.63, 3.8) is 0 Å². The second-order valence-corrected chi connectivity index (χ2v) is 4.15. The van der Waals surface area contributed by atoms with Crippen LogP contribution in [0.25, 0.3) is 10.8 Å². The molecule has 3 heteroatoms. The summed E-state index contributed by atoms with van der Waals surface area (Å²) in [7, 11) is 0. The molecule has 0 amide bonds. The molecule has 95 valence electrons. The Morgan fingerprint density at radius 1 is 0.789 bits per heavy atom. The minimum Gasteiger partial charge on any atom is -1.00 e. The molecule has 3 rings (SSSR count). The van der Waals surface area contributed by atoms with E-state index < -0.39 is 0 Å². The molecule has 19 heavy (non-hydrogen) atoms. The largest absolute Gasteiger partial charge is 3.00 e. The van der Waals surface area contributed by atoms with Crippen LogP contribution in [-0.4, -0.2) is 0 Å². The van der Waals surface area contributed by atoms with Gasteiger partial charge in [-0.2, -0.15) is 6.07 Å². The molecule has 3 aromatic carbocycles. The SMILES string of the molecule is [I-].[I-].[Zr+3].c1ccc(Cc2cc3ccccc3[cH-]2)cc1. The number of benzene rings is 2. The summed E-state index contributed by atoms with van der Waals surface area (Å²) in [5.74, 6) is 0. The molecule has 0 unspecified atom stereocenters. The van der Waals surface area contributed by atoms with E-state index in [9.17, 15) is 0 Å². The molecular formula is C16H13I2Zr. The molecule has 0 spiro atoms. The van der Waals surface area contributed by atoms with E-state index in [1.54, 1.807) is 0 Å². The summed E-state index contributed by atoms with van der Waals surface area (Å²) in [6, 6.07) is 23.7. The average Bonchev–Trinajstić information content (AvgIpc) is 2.72. The van der Waals surface area contributed by atoms with Gasteiger partial charge in [-0.05, 0) is 12.0 Å². The van der Waals surface area contributed by atoms with E-state index in [-0.39, 0.29) is 74.2 Å². The van der Waals surface area contributed by atoms with Gasteiger partial charge < -0.3 is 48.0 Å². The first-order chi connectivity index (χ1) is 7.92. The predicted molar refractivity (Wildman–Crippen MR) is 68.8 cm³/mol. The fraction of sp³-hybridized carbons (Fsp3) is 0.0625. The van der Waals surface area contributed by atoms with Gasteiger partial charge in [-0.1, -0.05) is 36.4 Å². The third kappa shape index (κ3) is 5.02. The minimum absolute atomic E-state index is 0. The summed E-state index contributed by atoms with van der Waals surface area (Å²) in [5.41, 5.74) is 2.77. The zero-order valence-electron chi connectivity index (χ0n) is 10.3. The third-order valence-corrected chi connectivity index (χ3v) is 2.93. The number of hydrogen-bond acceptors (Lipinski definition) is 0. The Morgan fingerprint density at radius 3 is 2.11 bits per heavy atom. The molecule has 0 bridgehead atoms. The van der Waals surface area contributed by atoms with Crippen molar-refractivity contribution in [1.82, 2.24) is 0 Å². The first-order valence-electron chi connectivity index (χ1n) is 5.60. The molecule has 3 aromatic rings. The van der Waals surface area contributed by atoms with Crippen LogP contribution in [0.15, 0.2) is 66.7 Å². The average molecular weight is 550 g/mol. The van der Waals surface area contributed by atoms with E-state index in [4.69, 9.17) is 0 Å². The van der Waals surface area contributed by atoms with Gasteiger partial charge in [-0.3, -0.25) is 0 Å². The number of fused-ring (bicyclic) bond motifs is 1. The summed E-state index contributed by atoms with van der Waals surface area (Å²) in [5, 5.41) is 2.68. The Balaban J connectivity index is 0.00000108. The van der Waals surface area contributed by atoms with Gasteiger partial charge >= 0.3 is 26.2 Å². The molecule has 0 heterocycles. The monoisotopic (exact) mass is 549 g/mol. The summed E-state index contributed by atoms with van der Waals surface area (Å²) in [4.78, 5) is 0. The Hall–Kier alpha value is 0.393. The van der Waals surface area contributed by atoms with E-state index >= 15 is 0 Å². The molecule has 0 saturated heterocycles. The van der Waals surface area contributed by atoms with Crippen molar-refractivity contribution in [2.24, 2.45) is 0 Å². The Labute approximate surface area is 167 Å². The van der Waals surface area contributed by atoms with Gasteiger partial charge in [0, 0.05) is 0 Å². The molecule has 0 aliphatic rings. The molecule has 0 aliphatic heterocycles. The van der Waals surface area contributed by atoms with E-state index in [1.165, 1.54) is 21.9 Å². The quantitative estimate of drug-likeness (QED) is 0.260. The molecule has 1 radical (unpaired) electrons. The molecular weight excluding hydrogens is 537 g/mol. The predicted octanol–water partition coefficient (Wildman–Crippen LogP) is -1.84. The normalized spacial score (nSPS) is 9.05. The maximum absolute atomic E-state index is 2.28. The summed E-state index contributed by atoms with van der Waals surface area (Å²) >= 11 is 0. The summed E-state index contributed by atoms with van der Waals surface area (Å²) < 4.78 is 0. The fourth-order valence-electron chi connectivity index (χ4n) is 2.15. The van der Waals surface area contributed by atoms with Crippen LogP contribution in [0.2, 0.25) is 0 Å². The van der Waals surface area contributed by atoms with E-state index in [1.807, 2.05) is 0 Å². The van der Waals surface area contributed by atoms with Gasteiger partial charge in [0.05, 0.1) is 0 Å². The van der Waals surface area contributed by atoms with Crippen LogP contribution in [0, 0.1) is 0 Å². The van der Waals surface area contributed by atoms with Crippen LogP contribution in [0.5, 0.6) is 0 Å². The van der Waals surface area contributed by atoms with E-state index in [0.29, 0.717) is 0 Å². The summed E-state index contributed by atoms with van der Waals surface area (Å²) in [6.45, 7) is 0. The third-order valence-electron chi connectivity index (χ3n) is 2.93. The molecule has 0 atom stereocenters.